The fourth-order valence-electron chi connectivity index (χ4n) is 2.44. The lowest BCUT2D eigenvalue weighted by atomic mass is 10.1. The Morgan fingerprint density at radius 3 is 2.31 bits per heavy atom. The normalized spacial score (nSPS) is 12.5. The SMILES string of the molecule is CC[C@H](C(=O)Nc1ccc(Cl)cc1)N(c1ccc(F)c(Cl)c1)S(C)(=O)=O. The van der Waals surface area contributed by atoms with Gasteiger partial charge in [-0.05, 0) is 48.9 Å². The standard InChI is InChI=1S/C17H17Cl2FN2O3S/c1-3-16(17(23)21-12-6-4-11(18)5-7-12)22(26(2,24)25)13-8-9-15(20)14(19)10-13/h4-10,16H,3H2,1-2H3,(H,21,23)/t16-/m1/s1. The largest absolute Gasteiger partial charge is 0.324 e. The van der Waals surface area contributed by atoms with Crippen molar-refractivity contribution in [3.05, 3.63) is 58.3 Å². The molecule has 5 nitrogen and oxygen atoms in total. The van der Waals surface area contributed by atoms with Gasteiger partial charge in [-0.25, -0.2) is 12.8 Å². The van der Waals surface area contributed by atoms with E-state index in [9.17, 15) is 17.6 Å². The molecule has 0 spiro atoms. The van der Waals surface area contributed by atoms with E-state index in [1.807, 2.05) is 0 Å². The molecule has 2 aromatic rings. The molecule has 2 aromatic carbocycles. The van der Waals surface area contributed by atoms with Gasteiger partial charge in [0.25, 0.3) is 0 Å². The number of anilines is 2. The first-order valence-electron chi connectivity index (χ1n) is 7.64. The third kappa shape index (κ3) is 4.87. The molecule has 0 radical (unpaired) electrons. The van der Waals surface area contributed by atoms with Gasteiger partial charge >= 0.3 is 0 Å². The van der Waals surface area contributed by atoms with Gasteiger partial charge in [-0.3, -0.25) is 9.10 Å². The zero-order valence-electron chi connectivity index (χ0n) is 14.0. The van der Waals surface area contributed by atoms with Crippen molar-refractivity contribution in [1.29, 1.82) is 0 Å². The van der Waals surface area contributed by atoms with Crippen LogP contribution in [0.5, 0.6) is 0 Å². The molecule has 140 valence electrons. The predicted octanol–water partition coefficient (Wildman–Crippen LogP) is 4.32. The highest BCUT2D eigenvalue weighted by molar-refractivity contribution is 7.92. The predicted molar refractivity (Wildman–Crippen MR) is 103 cm³/mol. The highest BCUT2D eigenvalue weighted by atomic mass is 35.5. The highest BCUT2D eigenvalue weighted by Crippen LogP contribution is 2.27. The van der Waals surface area contributed by atoms with Gasteiger partial charge in [0.05, 0.1) is 17.0 Å². The van der Waals surface area contributed by atoms with Gasteiger partial charge in [-0.15, -0.1) is 0 Å². The Kier molecular flexibility index (Phi) is 6.49. The Hall–Kier alpha value is -1.83. The molecular formula is C17H17Cl2FN2O3S. The molecular weight excluding hydrogens is 402 g/mol. The fraction of sp³-hybridized carbons (Fsp3) is 0.235. The van der Waals surface area contributed by atoms with Crippen LogP contribution in [-0.4, -0.2) is 26.6 Å². The van der Waals surface area contributed by atoms with Crippen LogP contribution >= 0.6 is 23.2 Å². The van der Waals surface area contributed by atoms with Crippen LogP contribution in [-0.2, 0) is 14.8 Å². The van der Waals surface area contributed by atoms with Gasteiger partial charge in [0.15, 0.2) is 0 Å². The van der Waals surface area contributed by atoms with E-state index in [1.165, 1.54) is 12.1 Å². The molecule has 0 aliphatic carbocycles. The average molecular weight is 419 g/mol. The molecule has 2 rings (SSSR count). The number of halogens is 3. The molecule has 0 unspecified atom stereocenters. The Morgan fingerprint density at radius 1 is 1.19 bits per heavy atom. The molecule has 0 bridgehead atoms. The minimum absolute atomic E-state index is 0.108. The molecule has 0 saturated carbocycles. The van der Waals surface area contributed by atoms with Gasteiger partial charge in [-0.1, -0.05) is 30.1 Å². The van der Waals surface area contributed by atoms with Crippen molar-refractivity contribution in [3.63, 3.8) is 0 Å². The molecule has 9 heteroatoms. The summed E-state index contributed by atoms with van der Waals surface area (Å²) in [5.74, 6) is -1.21. The van der Waals surface area contributed by atoms with Gasteiger partial charge in [-0.2, -0.15) is 0 Å². The monoisotopic (exact) mass is 418 g/mol. The molecule has 26 heavy (non-hydrogen) atoms. The number of carbonyl (C=O) groups excluding carboxylic acids is 1. The first kappa shape index (κ1) is 20.5. The highest BCUT2D eigenvalue weighted by Gasteiger charge is 2.32. The summed E-state index contributed by atoms with van der Waals surface area (Å²) in [4.78, 5) is 12.7. The summed E-state index contributed by atoms with van der Waals surface area (Å²) in [5, 5.41) is 2.93. The summed E-state index contributed by atoms with van der Waals surface area (Å²) in [7, 11) is -3.83. The first-order valence-corrected chi connectivity index (χ1v) is 10.2. The maximum absolute atomic E-state index is 13.4. The molecule has 1 atom stereocenters. The maximum atomic E-state index is 13.4. The number of sulfonamides is 1. The van der Waals surface area contributed by atoms with E-state index in [0.717, 1.165) is 16.6 Å². The van der Waals surface area contributed by atoms with Crippen LogP contribution < -0.4 is 9.62 Å². The van der Waals surface area contributed by atoms with Crippen molar-refractivity contribution in [2.24, 2.45) is 0 Å². The van der Waals surface area contributed by atoms with Crippen molar-refractivity contribution in [1.82, 2.24) is 0 Å². The minimum Gasteiger partial charge on any atom is -0.324 e. The number of nitrogens with zero attached hydrogens (tertiary/aromatic N) is 1. The number of rotatable bonds is 6. The molecule has 0 fully saturated rings. The maximum Gasteiger partial charge on any atom is 0.248 e. The van der Waals surface area contributed by atoms with Crippen LogP contribution in [0.15, 0.2) is 42.5 Å². The van der Waals surface area contributed by atoms with Crippen molar-refractivity contribution >= 4 is 50.5 Å². The van der Waals surface area contributed by atoms with Crippen LogP contribution in [0.25, 0.3) is 0 Å². The fourth-order valence-corrected chi connectivity index (χ4v) is 3.95. The van der Waals surface area contributed by atoms with E-state index in [-0.39, 0.29) is 17.1 Å². The summed E-state index contributed by atoms with van der Waals surface area (Å²) < 4.78 is 39.0. The molecule has 0 heterocycles. The lowest BCUT2D eigenvalue weighted by Gasteiger charge is -2.30. The topological polar surface area (TPSA) is 66.5 Å². The zero-order valence-corrected chi connectivity index (χ0v) is 16.4. The number of hydrogen-bond acceptors (Lipinski definition) is 3. The van der Waals surface area contributed by atoms with Crippen LogP contribution in [0.2, 0.25) is 10.0 Å². The van der Waals surface area contributed by atoms with Gasteiger partial charge in [0.1, 0.15) is 11.9 Å². The number of hydrogen-bond donors (Lipinski definition) is 1. The van der Waals surface area contributed by atoms with Crippen LogP contribution in [0.4, 0.5) is 15.8 Å². The third-order valence-corrected chi connectivity index (χ3v) is 5.32. The van der Waals surface area contributed by atoms with E-state index in [0.29, 0.717) is 10.7 Å². The van der Waals surface area contributed by atoms with Gasteiger partial charge in [0.2, 0.25) is 15.9 Å². The van der Waals surface area contributed by atoms with Crippen LogP contribution in [0.1, 0.15) is 13.3 Å². The minimum atomic E-state index is -3.83. The number of carbonyl (C=O) groups is 1. The average Bonchev–Trinajstić information content (AvgIpc) is 2.56. The number of benzene rings is 2. The van der Waals surface area contributed by atoms with E-state index in [4.69, 9.17) is 23.2 Å². The second-order valence-corrected chi connectivity index (χ2v) is 8.28. The van der Waals surface area contributed by atoms with Crippen molar-refractivity contribution in [2.45, 2.75) is 19.4 Å². The molecule has 0 aliphatic rings. The summed E-state index contributed by atoms with van der Waals surface area (Å²) in [6, 6.07) is 8.87. The molecule has 0 saturated heterocycles. The van der Waals surface area contributed by atoms with Gasteiger partial charge in [0, 0.05) is 10.7 Å². The second-order valence-electron chi connectivity index (χ2n) is 5.58. The summed E-state index contributed by atoms with van der Waals surface area (Å²) in [6.07, 6.45) is 1.17. The van der Waals surface area contributed by atoms with E-state index < -0.39 is 27.8 Å². The summed E-state index contributed by atoms with van der Waals surface area (Å²) in [5.41, 5.74) is 0.584. The lowest BCUT2D eigenvalue weighted by molar-refractivity contribution is -0.117. The smallest absolute Gasteiger partial charge is 0.248 e. The Morgan fingerprint density at radius 2 is 1.81 bits per heavy atom. The Bertz CT molecular complexity index is 905. The summed E-state index contributed by atoms with van der Waals surface area (Å²) in [6.45, 7) is 1.68. The molecule has 0 aromatic heterocycles. The second kappa shape index (κ2) is 8.24. The third-order valence-electron chi connectivity index (χ3n) is 3.60. The van der Waals surface area contributed by atoms with Crippen LogP contribution in [0.3, 0.4) is 0 Å². The van der Waals surface area contributed by atoms with E-state index >= 15 is 0 Å². The van der Waals surface area contributed by atoms with E-state index in [2.05, 4.69) is 5.32 Å². The number of nitrogens with one attached hydrogen (secondary N) is 1. The van der Waals surface area contributed by atoms with E-state index in [1.54, 1.807) is 31.2 Å². The quantitative estimate of drug-likeness (QED) is 0.759. The lowest BCUT2D eigenvalue weighted by Crippen LogP contribution is -2.47. The zero-order chi connectivity index (χ0) is 19.5. The van der Waals surface area contributed by atoms with Crippen molar-refractivity contribution in [2.75, 3.05) is 15.9 Å². The summed E-state index contributed by atoms with van der Waals surface area (Å²) >= 11 is 11.6. The first-order chi connectivity index (χ1) is 12.1. The molecule has 0 aliphatic heterocycles. The van der Waals surface area contributed by atoms with Crippen LogP contribution in [0, 0.1) is 5.82 Å². The van der Waals surface area contributed by atoms with Crippen molar-refractivity contribution in [3.8, 4) is 0 Å². The van der Waals surface area contributed by atoms with Crippen molar-refractivity contribution < 1.29 is 17.6 Å². The molecule has 1 amide bonds. The Labute approximate surface area is 161 Å². The number of amides is 1. The Balaban J connectivity index is 2.39. The molecule has 1 N–H and O–H groups in total. The van der Waals surface area contributed by atoms with Gasteiger partial charge < -0.3 is 5.32 Å².